The largest absolute Gasteiger partial charge is 0.493 e. The third kappa shape index (κ3) is 4.50. The predicted octanol–water partition coefficient (Wildman–Crippen LogP) is 5.72. The molecular weight excluding hydrogens is 433 g/mol. The van der Waals surface area contributed by atoms with Crippen LogP contribution in [0.3, 0.4) is 0 Å². The van der Waals surface area contributed by atoms with Gasteiger partial charge in [-0.15, -0.1) is 0 Å². The molecule has 0 spiro atoms. The summed E-state index contributed by atoms with van der Waals surface area (Å²) < 4.78 is 30.5. The van der Waals surface area contributed by atoms with E-state index >= 15 is 0 Å². The van der Waals surface area contributed by atoms with Gasteiger partial charge in [0.15, 0.2) is 17.2 Å². The van der Waals surface area contributed by atoms with Gasteiger partial charge < -0.3 is 14.2 Å². The highest BCUT2D eigenvalue weighted by molar-refractivity contribution is 6.32. The van der Waals surface area contributed by atoms with Crippen LogP contribution in [-0.4, -0.2) is 19.0 Å². The standard InChI is InChI=1S/C25H19ClFNO4/c1-15-7-3-4-8-17(15)14-31-23-19(26)11-16(13-22(23)30-2)12-21-25(29)32-24(28-21)18-9-5-6-10-20(18)27/h3-13H,14H2,1-2H3/b21-12-. The molecule has 0 aliphatic carbocycles. The van der Waals surface area contributed by atoms with E-state index in [1.165, 1.54) is 25.3 Å². The van der Waals surface area contributed by atoms with E-state index in [1.54, 1.807) is 24.3 Å². The highest BCUT2D eigenvalue weighted by Crippen LogP contribution is 2.38. The van der Waals surface area contributed by atoms with Crippen LogP contribution < -0.4 is 9.47 Å². The van der Waals surface area contributed by atoms with Crippen LogP contribution in [-0.2, 0) is 16.1 Å². The molecule has 3 aromatic rings. The van der Waals surface area contributed by atoms with Gasteiger partial charge in [-0.1, -0.05) is 48.0 Å². The summed E-state index contributed by atoms with van der Waals surface area (Å²) in [7, 11) is 1.50. The molecule has 3 aromatic carbocycles. The molecule has 1 heterocycles. The molecule has 1 aliphatic heterocycles. The van der Waals surface area contributed by atoms with Crippen molar-refractivity contribution in [1.29, 1.82) is 0 Å². The van der Waals surface area contributed by atoms with E-state index in [0.29, 0.717) is 28.7 Å². The molecule has 0 bridgehead atoms. The lowest BCUT2D eigenvalue weighted by atomic mass is 10.1. The van der Waals surface area contributed by atoms with Gasteiger partial charge in [0.25, 0.3) is 0 Å². The first-order valence-electron chi connectivity index (χ1n) is 9.78. The maximum absolute atomic E-state index is 14.0. The molecule has 1 aliphatic rings. The Bertz CT molecular complexity index is 1250. The number of hydrogen-bond donors (Lipinski definition) is 0. The fourth-order valence-electron chi connectivity index (χ4n) is 3.20. The van der Waals surface area contributed by atoms with E-state index in [0.717, 1.165) is 11.1 Å². The van der Waals surface area contributed by atoms with Gasteiger partial charge in [-0.3, -0.25) is 0 Å². The second kappa shape index (κ2) is 9.24. The van der Waals surface area contributed by atoms with Crippen molar-refractivity contribution in [3.8, 4) is 11.5 Å². The Hall–Kier alpha value is -3.64. The number of aliphatic imine (C=N–C) groups is 1. The second-order valence-corrected chi connectivity index (χ2v) is 7.47. The molecule has 4 rings (SSSR count). The summed E-state index contributed by atoms with van der Waals surface area (Å²) in [5, 5.41) is 0.314. The molecule has 0 saturated carbocycles. The molecule has 0 aromatic heterocycles. The normalized spacial score (nSPS) is 14.3. The number of cyclic esters (lactones) is 1. The number of ether oxygens (including phenoxy) is 3. The van der Waals surface area contributed by atoms with Gasteiger partial charge in [-0.05, 0) is 54.0 Å². The molecule has 32 heavy (non-hydrogen) atoms. The van der Waals surface area contributed by atoms with Crippen molar-refractivity contribution >= 4 is 29.5 Å². The van der Waals surface area contributed by atoms with Crippen molar-refractivity contribution in [2.45, 2.75) is 13.5 Å². The Morgan fingerprint density at radius 3 is 2.62 bits per heavy atom. The van der Waals surface area contributed by atoms with Crippen molar-refractivity contribution < 1.29 is 23.4 Å². The molecular formula is C25H19ClFNO4. The number of esters is 1. The average molecular weight is 452 g/mol. The fraction of sp³-hybridized carbons (Fsp3) is 0.120. The molecule has 0 saturated heterocycles. The number of rotatable bonds is 6. The highest BCUT2D eigenvalue weighted by atomic mass is 35.5. The van der Waals surface area contributed by atoms with Crippen molar-refractivity contribution in [2.75, 3.05) is 7.11 Å². The second-order valence-electron chi connectivity index (χ2n) is 7.07. The van der Waals surface area contributed by atoms with Gasteiger partial charge in [0, 0.05) is 0 Å². The Kier molecular flexibility index (Phi) is 6.23. The highest BCUT2D eigenvalue weighted by Gasteiger charge is 2.26. The Morgan fingerprint density at radius 2 is 1.88 bits per heavy atom. The molecule has 0 amide bonds. The first-order valence-corrected chi connectivity index (χ1v) is 10.2. The van der Waals surface area contributed by atoms with E-state index < -0.39 is 11.8 Å². The van der Waals surface area contributed by atoms with Crippen molar-refractivity contribution in [1.82, 2.24) is 0 Å². The van der Waals surface area contributed by atoms with E-state index in [4.69, 9.17) is 25.8 Å². The molecule has 0 atom stereocenters. The third-order valence-electron chi connectivity index (χ3n) is 4.91. The summed E-state index contributed by atoms with van der Waals surface area (Å²) in [5.74, 6) is -0.499. The zero-order valence-corrected chi connectivity index (χ0v) is 18.2. The summed E-state index contributed by atoms with van der Waals surface area (Å²) in [6.07, 6.45) is 1.50. The minimum Gasteiger partial charge on any atom is -0.493 e. The van der Waals surface area contributed by atoms with Gasteiger partial charge in [0.1, 0.15) is 12.4 Å². The van der Waals surface area contributed by atoms with E-state index in [-0.39, 0.29) is 17.2 Å². The molecule has 7 heteroatoms. The van der Waals surface area contributed by atoms with Crippen LogP contribution in [0.25, 0.3) is 6.08 Å². The van der Waals surface area contributed by atoms with Crippen LogP contribution in [0.4, 0.5) is 4.39 Å². The Morgan fingerprint density at radius 1 is 1.12 bits per heavy atom. The first kappa shape index (κ1) is 21.6. The van der Waals surface area contributed by atoms with Gasteiger partial charge in [0.05, 0.1) is 17.7 Å². The lowest BCUT2D eigenvalue weighted by Gasteiger charge is -2.14. The summed E-state index contributed by atoms with van der Waals surface area (Å²) in [6.45, 7) is 2.33. The van der Waals surface area contributed by atoms with Crippen molar-refractivity contribution in [3.05, 3.63) is 99.5 Å². The lowest BCUT2D eigenvalue weighted by molar-refractivity contribution is -0.129. The van der Waals surface area contributed by atoms with Gasteiger partial charge in [-0.25, -0.2) is 14.2 Å². The number of hydrogen-bond acceptors (Lipinski definition) is 5. The van der Waals surface area contributed by atoms with Crippen molar-refractivity contribution in [2.24, 2.45) is 4.99 Å². The number of benzene rings is 3. The summed E-state index contributed by atoms with van der Waals surface area (Å²) in [5.41, 5.74) is 2.82. The Balaban J connectivity index is 1.61. The summed E-state index contributed by atoms with van der Waals surface area (Å²) >= 11 is 6.45. The van der Waals surface area contributed by atoms with Crippen LogP contribution >= 0.6 is 11.6 Å². The third-order valence-corrected chi connectivity index (χ3v) is 5.19. The Labute approximate surface area is 189 Å². The quantitative estimate of drug-likeness (QED) is 0.355. The fourth-order valence-corrected chi connectivity index (χ4v) is 3.48. The number of methoxy groups -OCH3 is 1. The van der Waals surface area contributed by atoms with Crippen LogP contribution in [0.5, 0.6) is 11.5 Å². The lowest BCUT2D eigenvalue weighted by Crippen LogP contribution is -2.07. The topological polar surface area (TPSA) is 57.1 Å². The maximum Gasteiger partial charge on any atom is 0.363 e. The zero-order chi connectivity index (χ0) is 22.7. The number of nitrogens with zero attached hydrogens (tertiary/aromatic N) is 1. The molecule has 0 unspecified atom stereocenters. The molecule has 0 N–H and O–H groups in total. The molecule has 0 radical (unpaired) electrons. The van der Waals surface area contributed by atoms with Crippen LogP contribution in [0.1, 0.15) is 22.3 Å². The zero-order valence-electron chi connectivity index (χ0n) is 17.4. The van der Waals surface area contributed by atoms with E-state index in [2.05, 4.69) is 4.99 Å². The SMILES string of the molecule is COc1cc(/C=C2\N=C(c3ccccc3F)OC2=O)cc(Cl)c1OCc1ccccc1C. The first-order chi connectivity index (χ1) is 15.5. The van der Waals surface area contributed by atoms with Crippen LogP contribution in [0.2, 0.25) is 5.02 Å². The van der Waals surface area contributed by atoms with Crippen LogP contribution in [0.15, 0.2) is 71.4 Å². The summed E-state index contributed by atoms with van der Waals surface area (Å²) in [6, 6.07) is 17.1. The van der Waals surface area contributed by atoms with Crippen molar-refractivity contribution in [3.63, 3.8) is 0 Å². The minimum absolute atomic E-state index is 0.0231. The summed E-state index contributed by atoms with van der Waals surface area (Å²) in [4.78, 5) is 16.4. The van der Waals surface area contributed by atoms with E-state index in [9.17, 15) is 9.18 Å². The van der Waals surface area contributed by atoms with Gasteiger partial charge in [-0.2, -0.15) is 0 Å². The smallest absolute Gasteiger partial charge is 0.363 e. The number of halogens is 2. The molecule has 162 valence electrons. The number of aryl methyl sites for hydroxylation is 1. The number of carbonyl (C=O) groups excluding carboxylic acids is 1. The van der Waals surface area contributed by atoms with E-state index in [1.807, 2.05) is 31.2 Å². The van der Waals surface area contributed by atoms with Gasteiger partial charge >= 0.3 is 5.97 Å². The van der Waals surface area contributed by atoms with Crippen LogP contribution in [0, 0.1) is 12.7 Å². The molecule has 0 fully saturated rings. The monoisotopic (exact) mass is 451 g/mol. The number of carbonyl (C=O) groups is 1. The average Bonchev–Trinajstić information content (AvgIpc) is 3.14. The molecule has 5 nitrogen and oxygen atoms in total. The van der Waals surface area contributed by atoms with Gasteiger partial charge in [0.2, 0.25) is 5.90 Å². The minimum atomic E-state index is -0.682. The maximum atomic E-state index is 14.0. The predicted molar refractivity (Wildman–Crippen MR) is 121 cm³/mol.